The predicted molar refractivity (Wildman–Crippen MR) is 119 cm³/mol. The molecule has 1 aliphatic heterocycles. The molecule has 0 fully saturated rings. The second kappa shape index (κ2) is 8.93. The van der Waals surface area contributed by atoms with Crippen molar-refractivity contribution < 1.29 is 19.4 Å². The number of carbonyl (C=O) groups is 2. The van der Waals surface area contributed by atoms with Crippen LogP contribution in [0.15, 0.2) is 77.8 Å². The van der Waals surface area contributed by atoms with E-state index >= 15 is 0 Å². The van der Waals surface area contributed by atoms with E-state index in [1.807, 2.05) is 55.5 Å². The molecule has 1 aliphatic rings. The van der Waals surface area contributed by atoms with Crippen LogP contribution in [0.3, 0.4) is 0 Å². The molecule has 0 radical (unpaired) electrons. The first-order chi connectivity index (χ1) is 15.1. The maximum absolute atomic E-state index is 13.0. The molecular formula is C25H22N2O4. The van der Waals surface area contributed by atoms with Crippen LogP contribution < -0.4 is 5.32 Å². The molecule has 0 spiro atoms. The molecule has 1 atom stereocenters. The molecule has 1 amide bonds. The Kier molecular flexibility index (Phi) is 5.91. The average Bonchev–Trinajstić information content (AvgIpc) is 3.11. The summed E-state index contributed by atoms with van der Waals surface area (Å²) in [5.74, 6) is -1.71. The Morgan fingerprint density at radius 2 is 1.77 bits per heavy atom. The summed E-state index contributed by atoms with van der Waals surface area (Å²) < 4.78 is 5.48. The number of benzene rings is 3. The quantitative estimate of drug-likeness (QED) is 0.545. The van der Waals surface area contributed by atoms with Crippen molar-refractivity contribution in [3.8, 4) is 0 Å². The van der Waals surface area contributed by atoms with Crippen LogP contribution in [-0.2, 0) is 16.1 Å². The van der Waals surface area contributed by atoms with Gasteiger partial charge in [-0.05, 0) is 53.9 Å². The van der Waals surface area contributed by atoms with Gasteiger partial charge >= 0.3 is 5.97 Å². The summed E-state index contributed by atoms with van der Waals surface area (Å²) >= 11 is 0. The summed E-state index contributed by atoms with van der Waals surface area (Å²) in [7, 11) is 0. The van der Waals surface area contributed by atoms with Gasteiger partial charge in [0.25, 0.3) is 0 Å². The van der Waals surface area contributed by atoms with Crippen LogP contribution in [0.25, 0.3) is 0 Å². The van der Waals surface area contributed by atoms with Gasteiger partial charge in [-0.3, -0.25) is 9.79 Å². The minimum absolute atomic E-state index is 0.145. The van der Waals surface area contributed by atoms with E-state index in [4.69, 9.17) is 14.8 Å². The molecule has 0 aliphatic carbocycles. The molecule has 4 rings (SSSR count). The summed E-state index contributed by atoms with van der Waals surface area (Å²) in [6.07, 6.45) is 0. The van der Waals surface area contributed by atoms with Crippen LogP contribution >= 0.6 is 0 Å². The van der Waals surface area contributed by atoms with Crippen molar-refractivity contribution in [1.82, 2.24) is 0 Å². The molecule has 0 saturated carbocycles. The van der Waals surface area contributed by atoms with E-state index < -0.39 is 11.9 Å². The Balaban J connectivity index is 1.77. The molecule has 0 bridgehead atoms. The van der Waals surface area contributed by atoms with Gasteiger partial charge in [-0.1, -0.05) is 42.5 Å². The Morgan fingerprint density at radius 1 is 1.03 bits per heavy atom. The number of amides is 1. The highest BCUT2D eigenvalue weighted by molar-refractivity contribution is 6.24. The lowest BCUT2D eigenvalue weighted by Crippen LogP contribution is -2.21. The minimum Gasteiger partial charge on any atom is -0.478 e. The lowest BCUT2D eigenvalue weighted by atomic mass is 9.90. The number of ether oxygens (including phenoxy) is 1. The van der Waals surface area contributed by atoms with E-state index in [9.17, 15) is 9.59 Å². The Hall–Kier alpha value is -3.77. The third kappa shape index (κ3) is 4.39. The Morgan fingerprint density at radius 3 is 2.45 bits per heavy atom. The molecule has 6 heteroatoms. The topological polar surface area (TPSA) is 88.0 Å². The minimum atomic E-state index is -0.995. The Bertz CT molecular complexity index is 1140. The van der Waals surface area contributed by atoms with Crippen LogP contribution in [0.1, 0.15) is 39.9 Å². The summed E-state index contributed by atoms with van der Waals surface area (Å²) in [5, 5.41) is 12.1. The van der Waals surface area contributed by atoms with Crippen molar-refractivity contribution in [3.05, 3.63) is 95.1 Å². The number of rotatable bonds is 7. The molecule has 3 aromatic carbocycles. The SMILES string of the molecule is CCOCc1ccc2c(c1)NC(=O)C2C(=Nc1ccc(C(=O)O)cc1)c1ccccc1. The van der Waals surface area contributed by atoms with E-state index in [0.717, 1.165) is 22.4 Å². The molecule has 1 unspecified atom stereocenters. The highest BCUT2D eigenvalue weighted by atomic mass is 16.5. The number of fused-ring (bicyclic) bond motifs is 1. The number of carboxylic acids is 1. The van der Waals surface area contributed by atoms with Gasteiger partial charge in [0.15, 0.2) is 0 Å². The molecule has 0 saturated heterocycles. The van der Waals surface area contributed by atoms with Crippen molar-refractivity contribution in [2.75, 3.05) is 11.9 Å². The molecule has 156 valence electrons. The molecule has 0 aromatic heterocycles. The van der Waals surface area contributed by atoms with Gasteiger partial charge in [-0.15, -0.1) is 0 Å². The van der Waals surface area contributed by atoms with Gasteiger partial charge in [-0.2, -0.15) is 0 Å². The molecule has 1 heterocycles. The van der Waals surface area contributed by atoms with Gasteiger partial charge in [0, 0.05) is 12.3 Å². The number of hydrogen-bond acceptors (Lipinski definition) is 4. The van der Waals surface area contributed by atoms with Crippen LogP contribution in [0, 0.1) is 0 Å². The summed E-state index contributed by atoms with van der Waals surface area (Å²) in [6, 6.07) is 21.7. The second-order valence-corrected chi connectivity index (χ2v) is 7.20. The third-order valence-electron chi connectivity index (χ3n) is 5.13. The van der Waals surface area contributed by atoms with E-state index in [0.29, 0.717) is 24.6 Å². The van der Waals surface area contributed by atoms with Gasteiger partial charge in [0.05, 0.1) is 23.6 Å². The first-order valence-electron chi connectivity index (χ1n) is 10.1. The number of nitrogens with zero attached hydrogens (tertiary/aromatic N) is 1. The summed E-state index contributed by atoms with van der Waals surface area (Å²) in [6.45, 7) is 3.05. The summed E-state index contributed by atoms with van der Waals surface area (Å²) in [5.41, 5.74) is 4.81. The number of anilines is 1. The van der Waals surface area contributed by atoms with E-state index in [1.54, 1.807) is 12.1 Å². The lowest BCUT2D eigenvalue weighted by Gasteiger charge is -2.14. The first kappa shape index (κ1) is 20.5. The highest BCUT2D eigenvalue weighted by Crippen LogP contribution is 2.37. The fourth-order valence-corrected chi connectivity index (χ4v) is 3.61. The zero-order valence-corrected chi connectivity index (χ0v) is 17.0. The maximum atomic E-state index is 13.0. The predicted octanol–water partition coefficient (Wildman–Crippen LogP) is 4.78. The highest BCUT2D eigenvalue weighted by Gasteiger charge is 2.35. The molecule has 6 nitrogen and oxygen atoms in total. The lowest BCUT2D eigenvalue weighted by molar-refractivity contribution is -0.115. The van der Waals surface area contributed by atoms with Crippen molar-refractivity contribution in [2.24, 2.45) is 4.99 Å². The molecule has 3 aromatic rings. The smallest absolute Gasteiger partial charge is 0.335 e. The van der Waals surface area contributed by atoms with Gasteiger partial charge < -0.3 is 15.2 Å². The van der Waals surface area contributed by atoms with Crippen LogP contribution in [-0.4, -0.2) is 29.3 Å². The second-order valence-electron chi connectivity index (χ2n) is 7.20. The molecule has 31 heavy (non-hydrogen) atoms. The normalized spacial score (nSPS) is 15.5. The standard InChI is InChI=1S/C25H22N2O4/c1-2-31-15-16-8-13-20-21(14-16)27-24(28)22(20)23(17-6-4-3-5-7-17)26-19-11-9-18(10-12-19)25(29)30/h3-14,22H,2,15H2,1H3,(H,27,28)(H,29,30). The fraction of sp³-hybridized carbons (Fsp3) is 0.160. The van der Waals surface area contributed by atoms with Gasteiger partial charge in [0.2, 0.25) is 5.91 Å². The average molecular weight is 414 g/mol. The number of carbonyl (C=O) groups excluding carboxylic acids is 1. The fourth-order valence-electron chi connectivity index (χ4n) is 3.61. The van der Waals surface area contributed by atoms with Crippen molar-refractivity contribution >= 4 is 29.0 Å². The number of nitrogens with one attached hydrogen (secondary N) is 1. The number of aromatic carboxylic acids is 1. The first-order valence-corrected chi connectivity index (χ1v) is 10.1. The number of aliphatic imine (C=N–C) groups is 1. The van der Waals surface area contributed by atoms with Crippen molar-refractivity contribution in [3.63, 3.8) is 0 Å². The number of carboxylic acid groups (broad SMARTS) is 1. The molecular weight excluding hydrogens is 392 g/mol. The van der Waals surface area contributed by atoms with Gasteiger partial charge in [0.1, 0.15) is 5.92 Å². The third-order valence-corrected chi connectivity index (χ3v) is 5.13. The van der Waals surface area contributed by atoms with Crippen LogP contribution in [0.2, 0.25) is 0 Å². The van der Waals surface area contributed by atoms with Crippen LogP contribution in [0.4, 0.5) is 11.4 Å². The zero-order valence-electron chi connectivity index (χ0n) is 17.0. The Labute approximate surface area is 180 Å². The summed E-state index contributed by atoms with van der Waals surface area (Å²) in [4.78, 5) is 28.9. The van der Waals surface area contributed by atoms with Crippen LogP contribution in [0.5, 0.6) is 0 Å². The van der Waals surface area contributed by atoms with Crippen molar-refractivity contribution in [1.29, 1.82) is 0 Å². The van der Waals surface area contributed by atoms with E-state index in [2.05, 4.69) is 5.32 Å². The molecule has 2 N–H and O–H groups in total. The van der Waals surface area contributed by atoms with Crippen molar-refractivity contribution in [2.45, 2.75) is 19.4 Å². The maximum Gasteiger partial charge on any atom is 0.335 e. The van der Waals surface area contributed by atoms with E-state index in [-0.39, 0.29) is 11.5 Å². The largest absolute Gasteiger partial charge is 0.478 e. The number of hydrogen-bond donors (Lipinski definition) is 2. The zero-order chi connectivity index (χ0) is 21.8. The monoisotopic (exact) mass is 414 g/mol. The van der Waals surface area contributed by atoms with Gasteiger partial charge in [-0.25, -0.2) is 4.79 Å². The van der Waals surface area contributed by atoms with E-state index in [1.165, 1.54) is 12.1 Å².